The minimum atomic E-state index is -4.28. The molecule has 0 atom stereocenters. The van der Waals surface area contributed by atoms with Gasteiger partial charge < -0.3 is 4.90 Å². The van der Waals surface area contributed by atoms with E-state index in [1.54, 1.807) is 6.07 Å². The number of alkyl halides is 3. The summed E-state index contributed by atoms with van der Waals surface area (Å²) >= 11 is 5.83. The minimum Gasteiger partial charge on any atom is -0.341 e. The summed E-state index contributed by atoms with van der Waals surface area (Å²) < 4.78 is 36.4. The molecular weight excluding hydrogens is 293 g/mol. The van der Waals surface area contributed by atoms with Gasteiger partial charge in [0.1, 0.15) is 5.15 Å². The molecular formula is C13H16ClF3N2O. The van der Waals surface area contributed by atoms with Crippen molar-refractivity contribution in [1.82, 2.24) is 9.88 Å². The second kappa shape index (κ2) is 6.43. The van der Waals surface area contributed by atoms with Crippen molar-refractivity contribution in [2.75, 3.05) is 13.6 Å². The first-order valence-electron chi connectivity index (χ1n) is 6.10. The molecule has 20 heavy (non-hydrogen) atoms. The van der Waals surface area contributed by atoms with E-state index in [-0.39, 0.29) is 23.2 Å². The Morgan fingerprint density at radius 3 is 2.50 bits per heavy atom. The van der Waals surface area contributed by atoms with Crippen LogP contribution in [0.5, 0.6) is 0 Å². The van der Waals surface area contributed by atoms with Crippen molar-refractivity contribution < 1.29 is 18.0 Å². The molecule has 0 saturated heterocycles. The molecule has 0 aromatic carbocycles. The Balaban J connectivity index is 2.86. The predicted molar refractivity (Wildman–Crippen MR) is 71.0 cm³/mol. The number of nitrogens with zero attached hydrogens (tertiary/aromatic N) is 2. The van der Waals surface area contributed by atoms with E-state index in [0.717, 1.165) is 4.90 Å². The number of aromatic nitrogens is 1. The maximum atomic E-state index is 12.1. The Morgan fingerprint density at radius 2 is 2.00 bits per heavy atom. The van der Waals surface area contributed by atoms with Gasteiger partial charge >= 0.3 is 6.18 Å². The topological polar surface area (TPSA) is 33.2 Å². The Kier molecular flexibility index (Phi) is 5.39. The Hall–Kier alpha value is -1.30. The maximum Gasteiger partial charge on any atom is 0.390 e. The van der Waals surface area contributed by atoms with Gasteiger partial charge in [-0.1, -0.05) is 25.4 Å². The lowest BCUT2D eigenvalue weighted by atomic mass is 10.1. The summed E-state index contributed by atoms with van der Waals surface area (Å²) in [5.74, 6) is -0.429. The second-order valence-corrected chi connectivity index (χ2v) is 5.24. The standard InChI is InChI=1S/C13H16ClF3N2O/c1-8(2)10-6-9(7-11(14)18-10)12(20)19(3)5-4-13(15,16)17/h6-8H,4-5H2,1-3H3. The molecule has 0 N–H and O–H groups in total. The summed E-state index contributed by atoms with van der Waals surface area (Å²) in [5.41, 5.74) is 0.878. The quantitative estimate of drug-likeness (QED) is 0.791. The van der Waals surface area contributed by atoms with Crippen LogP contribution in [0, 0.1) is 0 Å². The summed E-state index contributed by atoms with van der Waals surface area (Å²) in [5, 5.41) is 0.156. The summed E-state index contributed by atoms with van der Waals surface area (Å²) in [6.45, 7) is 3.39. The molecule has 0 aliphatic rings. The smallest absolute Gasteiger partial charge is 0.341 e. The van der Waals surface area contributed by atoms with E-state index >= 15 is 0 Å². The number of carbonyl (C=O) groups is 1. The molecule has 0 saturated carbocycles. The molecule has 7 heteroatoms. The van der Waals surface area contributed by atoms with E-state index in [0.29, 0.717) is 5.69 Å². The van der Waals surface area contributed by atoms with Gasteiger partial charge in [-0.25, -0.2) is 4.98 Å². The average Bonchev–Trinajstić information content (AvgIpc) is 2.33. The maximum absolute atomic E-state index is 12.1. The molecule has 0 aliphatic heterocycles. The molecule has 1 heterocycles. The first-order valence-corrected chi connectivity index (χ1v) is 6.47. The van der Waals surface area contributed by atoms with Gasteiger partial charge in [0.15, 0.2) is 0 Å². The monoisotopic (exact) mass is 308 g/mol. The highest BCUT2D eigenvalue weighted by Crippen LogP contribution is 2.21. The third-order valence-electron chi connectivity index (χ3n) is 2.73. The molecule has 112 valence electrons. The fourth-order valence-corrected chi connectivity index (χ4v) is 1.77. The summed E-state index contributed by atoms with van der Waals surface area (Å²) in [6.07, 6.45) is -5.32. The fourth-order valence-electron chi connectivity index (χ4n) is 1.55. The molecule has 0 fully saturated rings. The fraction of sp³-hybridized carbons (Fsp3) is 0.538. The van der Waals surface area contributed by atoms with E-state index in [2.05, 4.69) is 4.98 Å². The van der Waals surface area contributed by atoms with Crippen molar-refractivity contribution in [3.05, 3.63) is 28.5 Å². The van der Waals surface area contributed by atoms with Crippen LogP contribution in [-0.4, -0.2) is 35.6 Å². The molecule has 1 aromatic rings. The third kappa shape index (κ3) is 5.00. The van der Waals surface area contributed by atoms with E-state index in [4.69, 9.17) is 11.6 Å². The number of hydrogen-bond acceptors (Lipinski definition) is 2. The van der Waals surface area contributed by atoms with Gasteiger partial charge in [0, 0.05) is 24.8 Å². The Labute approximate surface area is 120 Å². The van der Waals surface area contributed by atoms with E-state index in [1.807, 2.05) is 13.8 Å². The van der Waals surface area contributed by atoms with Gasteiger partial charge in [0.25, 0.3) is 5.91 Å². The molecule has 0 spiro atoms. The zero-order valence-electron chi connectivity index (χ0n) is 11.5. The van der Waals surface area contributed by atoms with Crippen molar-refractivity contribution in [1.29, 1.82) is 0 Å². The predicted octanol–water partition coefficient (Wildman–Crippen LogP) is 3.88. The van der Waals surface area contributed by atoms with Crippen LogP contribution in [0.15, 0.2) is 12.1 Å². The molecule has 1 amide bonds. The van der Waals surface area contributed by atoms with Gasteiger partial charge in [-0.05, 0) is 18.1 Å². The van der Waals surface area contributed by atoms with Crippen molar-refractivity contribution in [3.8, 4) is 0 Å². The van der Waals surface area contributed by atoms with Gasteiger partial charge in [-0.3, -0.25) is 4.79 Å². The Bertz CT molecular complexity index is 489. The number of rotatable bonds is 4. The van der Waals surface area contributed by atoms with Crippen LogP contribution < -0.4 is 0 Å². The second-order valence-electron chi connectivity index (χ2n) is 4.85. The van der Waals surface area contributed by atoms with Gasteiger partial charge in [0.05, 0.1) is 6.42 Å². The molecule has 0 radical (unpaired) electrons. The lowest BCUT2D eigenvalue weighted by Gasteiger charge is -2.19. The van der Waals surface area contributed by atoms with Gasteiger partial charge in [-0.2, -0.15) is 13.2 Å². The lowest BCUT2D eigenvalue weighted by molar-refractivity contribution is -0.136. The van der Waals surface area contributed by atoms with Crippen molar-refractivity contribution in [2.24, 2.45) is 0 Å². The minimum absolute atomic E-state index is 0.0701. The van der Waals surface area contributed by atoms with Crippen LogP contribution in [0.2, 0.25) is 5.15 Å². The van der Waals surface area contributed by atoms with Gasteiger partial charge in [-0.15, -0.1) is 0 Å². The van der Waals surface area contributed by atoms with Crippen molar-refractivity contribution in [3.63, 3.8) is 0 Å². The molecule has 0 aliphatic carbocycles. The van der Waals surface area contributed by atoms with E-state index in [1.165, 1.54) is 13.1 Å². The molecule has 1 aromatic heterocycles. The SMILES string of the molecule is CC(C)c1cc(C(=O)N(C)CCC(F)(F)F)cc(Cl)n1. The Morgan fingerprint density at radius 1 is 1.40 bits per heavy atom. The summed E-state index contributed by atoms with van der Waals surface area (Å²) in [4.78, 5) is 17.2. The number of pyridine rings is 1. The van der Waals surface area contributed by atoms with E-state index in [9.17, 15) is 18.0 Å². The van der Waals surface area contributed by atoms with Crippen molar-refractivity contribution >= 4 is 17.5 Å². The largest absolute Gasteiger partial charge is 0.390 e. The number of halogens is 4. The van der Waals surface area contributed by atoms with Crippen LogP contribution >= 0.6 is 11.6 Å². The highest BCUT2D eigenvalue weighted by molar-refractivity contribution is 6.29. The van der Waals surface area contributed by atoms with Gasteiger partial charge in [0.2, 0.25) is 0 Å². The highest BCUT2D eigenvalue weighted by Gasteiger charge is 2.28. The zero-order chi connectivity index (χ0) is 15.5. The summed E-state index contributed by atoms with van der Waals surface area (Å²) in [7, 11) is 1.33. The van der Waals surface area contributed by atoms with Crippen LogP contribution in [0.3, 0.4) is 0 Å². The summed E-state index contributed by atoms with van der Waals surface area (Å²) in [6, 6.07) is 2.92. The number of carbonyl (C=O) groups excluding carboxylic acids is 1. The van der Waals surface area contributed by atoms with Crippen LogP contribution in [0.1, 0.15) is 42.2 Å². The first kappa shape index (κ1) is 16.8. The normalized spacial score (nSPS) is 11.8. The zero-order valence-corrected chi connectivity index (χ0v) is 12.2. The molecule has 1 rings (SSSR count). The molecule has 0 unspecified atom stereocenters. The number of hydrogen-bond donors (Lipinski definition) is 0. The van der Waals surface area contributed by atoms with Crippen LogP contribution in [-0.2, 0) is 0 Å². The lowest BCUT2D eigenvalue weighted by Crippen LogP contribution is -2.30. The average molecular weight is 309 g/mol. The van der Waals surface area contributed by atoms with Crippen molar-refractivity contribution in [2.45, 2.75) is 32.4 Å². The first-order chi connectivity index (χ1) is 9.10. The molecule has 0 bridgehead atoms. The number of amides is 1. The highest BCUT2D eigenvalue weighted by atomic mass is 35.5. The van der Waals surface area contributed by atoms with E-state index < -0.39 is 18.5 Å². The third-order valence-corrected chi connectivity index (χ3v) is 2.92. The van der Waals surface area contributed by atoms with Crippen LogP contribution in [0.4, 0.5) is 13.2 Å². The molecule has 3 nitrogen and oxygen atoms in total. The van der Waals surface area contributed by atoms with Crippen LogP contribution in [0.25, 0.3) is 0 Å².